The Morgan fingerprint density at radius 3 is 2.64 bits per heavy atom. The van der Waals surface area contributed by atoms with Crippen LogP contribution in [0.1, 0.15) is 31.5 Å². The molecule has 0 amide bonds. The molecule has 0 atom stereocenters. The Morgan fingerprint density at radius 1 is 1.18 bits per heavy atom. The van der Waals surface area contributed by atoms with E-state index in [2.05, 4.69) is 20.2 Å². The first-order valence-corrected chi connectivity index (χ1v) is 12.7. The molecule has 3 fully saturated rings. The van der Waals surface area contributed by atoms with Crippen LogP contribution in [-0.2, 0) is 10.5 Å². The molecule has 7 nitrogen and oxygen atoms in total. The van der Waals surface area contributed by atoms with Crippen molar-refractivity contribution in [1.82, 2.24) is 20.2 Å². The number of ether oxygens (including phenoxy) is 2. The van der Waals surface area contributed by atoms with Gasteiger partial charge in [0.05, 0.1) is 17.9 Å². The molecule has 3 saturated heterocycles. The number of hydrogen-bond acceptors (Lipinski definition) is 7. The molecule has 1 aromatic heterocycles. The van der Waals surface area contributed by atoms with Gasteiger partial charge in [0.15, 0.2) is 0 Å². The summed E-state index contributed by atoms with van der Waals surface area (Å²) in [5.74, 6) is 1.47. The zero-order chi connectivity index (χ0) is 21.9. The number of nitrogens with zero attached hydrogens (tertiary/aromatic N) is 2. The van der Waals surface area contributed by atoms with Crippen LogP contribution in [0.5, 0.6) is 5.75 Å². The number of likely N-dealkylation sites (tertiary alicyclic amines) is 1. The fourth-order valence-corrected chi connectivity index (χ4v) is 5.74. The Labute approximate surface area is 203 Å². The minimum atomic E-state index is -0.588. The molecule has 33 heavy (non-hydrogen) atoms. The standard InChI is InChI=1S/C23H31FN4O3S.ClH/c24-19-9-17(31-13-15-3-7-30-8-4-15)10-20-22(19)23(29)27-21(26-20)14-32-18-1-5-28(6-2-18)16-11-25-12-16;/h9-10,15-16,18,25H,1-8,11-14H2,(H,26,27,29);1H. The lowest BCUT2D eigenvalue weighted by molar-refractivity contribution is 0.0497. The average Bonchev–Trinajstić information content (AvgIpc) is 2.76. The van der Waals surface area contributed by atoms with Crippen molar-refractivity contribution in [2.75, 3.05) is 46.0 Å². The second kappa shape index (κ2) is 11.4. The van der Waals surface area contributed by atoms with Crippen LogP contribution in [0.3, 0.4) is 0 Å². The Bertz CT molecular complexity index is 992. The Morgan fingerprint density at radius 2 is 1.94 bits per heavy atom. The minimum Gasteiger partial charge on any atom is -0.493 e. The van der Waals surface area contributed by atoms with Crippen molar-refractivity contribution in [1.29, 1.82) is 0 Å². The zero-order valence-electron chi connectivity index (χ0n) is 18.7. The highest BCUT2D eigenvalue weighted by molar-refractivity contribution is 7.99. The molecular formula is C23H32ClFN4O3S. The predicted octanol–water partition coefficient (Wildman–Crippen LogP) is 2.96. The number of hydrogen-bond donors (Lipinski definition) is 2. The number of piperidine rings is 1. The topological polar surface area (TPSA) is 79.5 Å². The molecule has 5 rings (SSSR count). The first-order valence-electron chi connectivity index (χ1n) is 11.6. The summed E-state index contributed by atoms with van der Waals surface area (Å²) in [6.45, 7) is 6.49. The van der Waals surface area contributed by atoms with Crippen LogP contribution in [0.4, 0.5) is 4.39 Å². The van der Waals surface area contributed by atoms with Crippen LogP contribution in [-0.4, -0.2) is 72.2 Å². The fourth-order valence-electron chi connectivity index (χ4n) is 4.66. The van der Waals surface area contributed by atoms with Crippen molar-refractivity contribution in [3.8, 4) is 5.75 Å². The number of nitrogens with one attached hydrogen (secondary N) is 2. The van der Waals surface area contributed by atoms with Gasteiger partial charge in [-0.15, -0.1) is 12.4 Å². The van der Waals surface area contributed by atoms with Crippen LogP contribution in [0.15, 0.2) is 16.9 Å². The van der Waals surface area contributed by atoms with Gasteiger partial charge in [0.2, 0.25) is 0 Å². The van der Waals surface area contributed by atoms with Gasteiger partial charge < -0.3 is 19.8 Å². The maximum absolute atomic E-state index is 14.6. The van der Waals surface area contributed by atoms with Crippen LogP contribution >= 0.6 is 24.2 Å². The van der Waals surface area contributed by atoms with Gasteiger partial charge in [-0.3, -0.25) is 9.69 Å². The predicted molar refractivity (Wildman–Crippen MR) is 131 cm³/mol. The average molecular weight is 499 g/mol. The molecule has 4 heterocycles. The first kappa shape index (κ1) is 24.7. The Balaban J connectivity index is 0.00000259. The molecule has 2 N–H and O–H groups in total. The van der Waals surface area contributed by atoms with Gasteiger partial charge in [-0.2, -0.15) is 11.8 Å². The third-order valence-electron chi connectivity index (χ3n) is 6.82. The summed E-state index contributed by atoms with van der Waals surface area (Å²) < 4.78 is 25.9. The zero-order valence-corrected chi connectivity index (χ0v) is 20.3. The largest absolute Gasteiger partial charge is 0.493 e. The summed E-state index contributed by atoms with van der Waals surface area (Å²) in [7, 11) is 0. The van der Waals surface area contributed by atoms with E-state index >= 15 is 0 Å². The molecule has 182 valence electrons. The number of rotatable bonds is 7. The summed E-state index contributed by atoms with van der Waals surface area (Å²) in [6.07, 6.45) is 4.20. The molecule has 1 aromatic carbocycles. The Kier molecular flexibility index (Phi) is 8.51. The number of aromatic nitrogens is 2. The van der Waals surface area contributed by atoms with Gasteiger partial charge in [-0.25, -0.2) is 9.37 Å². The number of halogens is 2. The number of aromatic amines is 1. The van der Waals surface area contributed by atoms with Crippen molar-refractivity contribution in [3.05, 3.63) is 34.1 Å². The van der Waals surface area contributed by atoms with Gasteiger partial charge in [0.1, 0.15) is 22.8 Å². The highest BCUT2D eigenvalue weighted by Crippen LogP contribution is 2.28. The molecule has 0 saturated carbocycles. The fraction of sp³-hybridized carbons (Fsp3) is 0.652. The summed E-state index contributed by atoms with van der Waals surface area (Å²) in [5, 5.41) is 3.90. The van der Waals surface area contributed by atoms with Gasteiger partial charge in [0, 0.05) is 49.7 Å². The molecule has 10 heteroatoms. The van der Waals surface area contributed by atoms with E-state index in [1.165, 1.54) is 6.07 Å². The van der Waals surface area contributed by atoms with Crippen molar-refractivity contribution in [2.24, 2.45) is 5.92 Å². The SMILES string of the molecule is Cl.O=c1[nH]c(CSC2CCN(C3CNC3)CC2)nc2cc(OCC3CCOCC3)cc(F)c12. The molecule has 3 aliphatic rings. The third-order valence-corrected chi connectivity index (χ3v) is 8.20. The maximum Gasteiger partial charge on any atom is 0.261 e. The normalized spacial score (nSPS) is 21.0. The number of benzene rings is 1. The van der Waals surface area contributed by atoms with Crippen molar-refractivity contribution < 1.29 is 13.9 Å². The van der Waals surface area contributed by atoms with Crippen molar-refractivity contribution in [3.63, 3.8) is 0 Å². The van der Waals surface area contributed by atoms with E-state index in [1.54, 1.807) is 6.07 Å². The summed E-state index contributed by atoms with van der Waals surface area (Å²) >= 11 is 1.83. The van der Waals surface area contributed by atoms with E-state index in [1.807, 2.05) is 11.8 Å². The summed E-state index contributed by atoms with van der Waals surface area (Å²) in [6, 6.07) is 3.68. The first-order chi connectivity index (χ1) is 15.7. The molecule has 0 unspecified atom stereocenters. The van der Waals surface area contributed by atoms with E-state index in [4.69, 9.17) is 9.47 Å². The second-order valence-corrected chi connectivity index (χ2v) is 10.3. The van der Waals surface area contributed by atoms with E-state index in [0.717, 1.165) is 65.1 Å². The van der Waals surface area contributed by atoms with Crippen LogP contribution in [0.25, 0.3) is 10.9 Å². The van der Waals surface area contributed by atoms with E-state index in [-0.39, 0.29) is 17.8 Å². The van der Waals surface area contributed by atoms with Gasteiger partial charge >= 0.3 is 0 Å². The monoisotopic (exact) mass is 498 g/mol. The van der Waals surface area contributed by atoms with Gasteiger partial charge in [-0.1, -0.05) is 0 Å². The van der Waals surface area contributed by atoms with Crippen molar-refractivity contribution in [2.45, 2.75) is 42.7 Å². The van der Waals surface area contributed by atoms with Gasteiger partial charge in [-0.05, 0) is 44.7 Å². The number of H-pyrrole nitrogens is 1. The second-order valence-electron chi connectivity index (χ2n) is 9.04. The lowest BCUT2D eigenvalue weighted by Gasteiger charge is -2.42. The quantitative estimate of drug-likeness (QED) is 0.607. The highest BCUT2D eigenvalue weighted by atomic mass is 35.5. The molecule has 0 radical (unpaired) electrons. The highest BCUT2D eigenvalue weighted by Gasteiger charge is 2.28. The van der Waals surface area contributed by atoms with Crippen molar-refractivity contribution >= 4 is 35.1 Å². The summed E-state index contributed by atoms with van der Waals surface area (Å²) in [5.41, 5.74) is -0.0648. The smallest absolute Gasteiger partial charge is 0.261 e. The number of thioether (sulfide) groups is 1. The minimum absolute atomic E-state index is 0. The Hall–Kier alpha value is -1.39. The molecular weight excluding hydrogens is 467 g/mol. The van der Waals surface area contributed by atoms with Crippen LogP contribution < -0.4 is 15.6 Å². The maximum atomic E-state index is 14.6. The van der Waals surface area contributed by atoms with E-state index in [0.29, 0.717) is 46.7 Å². The molecule has 0 spiro atoms. The summed E-state index contributed by atoms with van der Waals surface area (Å²) in [4.78, 5) is 22.5. The van der Waals surface area contributed by atoms with Crippen LogP contribution in [0, 0.1) is 11.7 Å². The molecule has 2 aromatic rings. The lowest BCUT2D eigenvalue weighted by atomic mass is 10.0. The van der Waals surface area contributed by atoms with Gasteiger partial charge in [0.25, 0.3) is 5.56 Å². The van der Waals surface area contributed by atoms with E-state index < -0.39 is 11.4 Å². The molecule has 3 aliphatic heterocycles. The van der Waals surface area contributed by atoms with E-state index in [9.17, 15) is 9.18 Å². The third kappa shape index (κ3) is 6.00. The number of fused-ring (bicyclic) bond motifs is 1. The van der Waals surface area contributed by atoms with Crippen LogP contribution in [0.2, 0.25) is 0 Å². The molecule has 0 aliphatic carbocycles. The molecule has 0 bridgehead atoms. The lowest BCUT2D eigenvalue weighted by Crippen LogP contribution is -2.58.